The maximum atomic E-state index is 12.7. The van der Waals surface area contributed by atoms with Gasteiger partial charge in [-0.1, -0.05) is 11.6 Å². The average molecular weight is 467 g/mol. The van der Waals surface area contributed by atoms with Gasteiger partial charge in [0.1, 0.15) is 11.8 Å². The third kappa shape index (κ3) is 4.82. The van der Waals surface area contributed by atoms with Crippen molar-refractivity contribution in [3.8, 4) is 17.4 Å². The van der Waals surface area contributed by atoms with E-state index >= 15 is 0 Å². The predicted octanol–water partition coefficient (Wildman–Crippen LogP) is 4.59. The molecule has 9 nitrogen and oxygen atoms in total. The molecule has 2 N–H and O–H groups in total. The van der Waals surface area contributed by atoms with Gasteiger partial charge in [0.05, 0.1) is 27.8 Å². The number of furan rings is 1. The van der Waals surface area contributed by atoms with Gasteiger partial charge < -0.3 is 19.7 Å². The van der Waals surface area contributed by atoms with E-state index in [2.05, 4.69) is 11.4 Å². The molecule has 1 fully saturated rings. The molecule has 1 aliphatic rings. The number of piperidine rings is 1. The lowest BCUT2D eigenvalue weighted by Gasteiger charge is -2.32. The molecule has 2 aromatic carbocycles. The van der Waals surface area contributed by atoms with Crippen LogP contribution in [0.15, 0.2) is 52.9 Å². The van der Waals surface area contributed by atoms with E-state index in [-0.39, 0.29) is 33.9 Å². The third-order valence-corrected chi connectivity index (χ3v) is 5.67. The zero-order chi connectivity index (χ0) is 23.5. The van der Waals surface area contributed by atoms with Gasteiger partial charge in [-0.05, 0) is 55.3 Å². The molecule has 0 unspecified atom stereocenters. The summed E-state index contributed by atoms with van der Waals surface area (Å²) in [6, 6.07) is 14.2. The fourth-order valence-electron chi connectivity index (χ4n) is 3.75. The van der Waals surface area contributed by atoms with Crippen molar-refractivity contribution in [2.24, 2.45) is 0 Å². The van der Waals surface area contributed by atoms with Crippen molar-refractivity contribution in [1.29, 1.82) is 5.26 Å². The number of benzene rings is 2. The second kappa shape index (κ2) is 9.32. The van der Waals surface area contributed by atoms with Crippen molar-refractivity contribution in [2.45, 2.75) is 18.9 Å². The molecule has 33 heavy (non-hydrogen) atoms. The number of rotatable bonds is 5. The first-order valence-corrected chi connectivity index (χ1v) is 10.6. The van der Waals surface area contributed by atoms with E-state index in [4.69, 9.17) is 16.0 Å². The Balaban J connectivity index is 1.52. The maximum Gasteiger partial charge on any atom is 0.291 e. The van der Waals surface area contributed by atoms with E-state index in [1.165, 1.54) is 30.3 Å². The summed E-state index contributed by atoms with van der Waals surface area (Å²) >= 11 is 5.85. The van der Waals surface area contributed by atoms with Gasteiger partial charge in [-0.3, -0.25) is 14.9 Å². The van der Waals surface area contributed by atoms with E-state index in [1.54, 1.807) is 18.2 Å². The zero-order valence-electron chi connectivity index (χ0n) is 17.3. The van der Waals surface area contributed by atoms with Crippen molar-refractivity contribution in [1.82, 2.24) is 0 Å². The Labute approximate surface area is 194 Å². The minimum atomic E-state index is -0.572. The standard InChI is InChI=1S/C23H19ClN4O5/c24-15-1-3-18(20(12-15)28(31)32)21-5-6-22(33-21)23(30)26-16-2-4-19(14(11-16)13-25)27-9-7-17(29)8-10-27/h1-6,11-12,17,29H,7-10H2,(H,26,30). The van der Waals surface area contributed by atoms with Crippen LogP contribution in [0.2, 0.25) is 5.02 Å². The van der Waals surface area contributed by atoms with Gasteiger partial charge in [0.2, 0.25) is 0 Å². The zero-order valence-corrected chi connectivity index (χ0v) is 18.1. The molecule has 10 heteroatoms. The first-order valence-electron chi connectivity index (χ1n) is 10.2. The molecular formula is C23H19ClN4O5. The number of aliphatic hydroxyl groups excluding tert-OH is 1. The molecule has 1 amide bonds. The first kappa shape index (κ1) is 22.3. The van der Waals surface area contributed by atoms with Crippen LogP contribution in [0.1, 0.15) is 29.0 Å². The van der Waals surface area contributed by atoms with Crippen LogP contribution < -0.4 is 10.2 Å². The van der Waals surface area contributed by atoms with Gasteiger partial charge in [-0.2, -0.15) is 5.26 Å². The Morgan fingerprint density at radius 3 is 2.67 bits per heavy atom. The van der Waals surface area contributed by atoms with Crippen molar-refractivity contribution in [3.05, 3.63) is 75.0 Å². The topological polar surface area (TPSA) is 133 Å². The Kier molecular flexibility index (Phi) is 6.31. The quantitative estimate of drug-likeness (QED) is 0.415. The van der Waals surface area contributed by atoms with Crippen LogP contribution in [-0.2, 0) is 0 Å². The number of nitrogens with zero attached hydrogens (tertiary/aromatic N) is 3. The van der Waals surface area contributed by atoms with Crippen LogP contribution in [0.4, 0.5) is 17.1 Å². The molecule has 4 rings (SSSR count). The van der Waals surface area contributed by atoms with Gasteiger partial charge in [0, 0.05) is 29.9 Å². The summed E-state index contributed by atoms with van der Waals surface area (Å²) in [6.45, 7) is 1.29. The lowest BCUT2D eigenvalue weighted by atomic mass is 10.0. The molecule has 0 radical (unpaired) electrons. The number of hydrogen-bond donors (Lipinski definition) is 2. The van der Waals surface area contributed by atoms with E-state index < -0.39 is 10.8 Å². The number of carbonyl (C=O) groups is 1. The lowest BCUT2D eigenvalue weighted by Crippen LogP contribution is -2.36. The number of aliphatic hydroxyl groups is 1. The summed E-state index contributed by atoms with van der Waals surface area (Å²) in [5, 5.41) is 33.5. The Bertz CT molecular complexity index is 1260. The van der Waals surface area contributed by atoms with Gasteiger partial charge in [-0.15, -0.1) is 0 Å². The number of amides is 1. The molecule has 0 aliphatic carbocycles. The lowest BCUT2D eigenvalue weighted by molar-refractivity contribution is -0.384. The van der Waals surface area contributed by atoms with Crippen LogP contribution in [-0.4, -0.2) is 35.1 Å². The molecule has 0 saturated carbocycles. The van der Waals surface area contributed by atoms with Gasteiger partial charge in [0.15, 0.2) is 5.76 Å². The Morgan fingerprint density at radius 2 is 1.97 bits per heavy atom. The highest BCUT2D eigenvalue weighted by Crippen LogP contribution is 2.33. The largest absolute Gasteiger partial charge is 0.451 e. The van der Waals surface area contributed by atoms with Crippen molar-refractivity contribution in [2.75, 3.05) is 23.3 Å². The summed E-state index contributed by atoms with van der Waals surface area (Å²) in [6.07, 6.45) is 0.948. The summed E-state index contributed by atoms with van der Waals surface area (Å²) in [5.41, 5.74) is 1.53. The second-order valence-electron chi connectivity index (χ2n) is 7.60. The molecule has 0 atom stereocenters. The van der Waals surface area contributed by atoms with Crippen LogP contribution in [0.5, 0.6) is 0 Å². The summed E-state index contributed by atoms with van der Waals surface area (Å²) in [5.74, 6) is -0.443. The van der Waals surface area contributed by atoms with E-state index in [0.717, 1.165) is 5.69 Å². The molecule has 1 aromatic heterocycles. The molecule has 3 aromatic rings. The normalized spacial score (nSPS) is 14.0. The van der Waals surface area contributed by atoms with E-state index in [1.807, 2.05) is 4.90 Å². The van der Waals surface area contributed by atoms with E-state index in [0.29, 0.717) is 37.2 Å². The SMILES string of the molecule is N#Cc1cc(NC(=O)c2ccc(-c3ccc(Cl)cc3[N+](=O)[O-])o2)ccc1N1CCC(O)CC1. The van der Waals surface area contributed by atoms with Gasteiger partial charge >= 0.3 is 0 Å². The number of nitriles is 1. The second-order valence-corrected chi connectivity index (χ2v) is 8.03. The molecule has 0 bridgehead atoms. The molecule has 0 spiro atoms. The third-order valence-electron chi connectivity index (χ3n) is 5.43. The van der Waals surface area contributed by atoms with Gasteiger partial charge in [0.25, 0.3) is 11.6 Å². The number of nitro groups is 1. The average Bonchev–Trinajstić information content (AvgIpc) is 3.30. The first-order chi connectivity index (χ1) is 15.9. The fourth-order valence-corrected chi connectivity index (χ4v) is 3.91. The number of carbonyl (C=O) groups excluding carboxylic acids is 1. The molecule has 1 saturated heterocycles. The minimum Gasteiger partial charge on any atom is -0.451 e. The molecule has 168 valence electrons. The van der Waals surface area contributed by atoms with Crippen LogP contribution >= 0.6 is 11.6 Å². The fraction of sp³-hybridized carbons (Fsp3) is 0.217. The van der Waals surface area contributed by atoms with E-state index in [9.17, 15) is 25.3 Å². The van der Waals surface area contributed by atoms with Gasteiger partial charge in [-0.25, -0.2) is 0 Å². The van der Waals surface area contributed by atoms with Crippen molar-refractivity contribution in [3.63, 3.8) is 0 Å². The highest BCUT2D eigenvalue weighted by Gasteiger charge is 2.22. The molecule has 1 aliphatic heterocycles. The number of halogens is 1. The molecule has 2 heterocycles. The summed E-state index contributed by atoms with van der Waals surface area (Å²) in [4.78, 5) is 25.5. The van der Waals surface area contributed by atoms with Crippen LogP contribution in [0.25, 0.3) is 11.3 Å². The summed E-state index contributed by atoms with van der Waals surface area (Å²) in [7, 11) is 0. The highest BCUT2D eigenvalue weighted by atomic mass is 35.5. The summed E-state index contributed by atoms with van der Waals surface area (Å²) < 4.78 is 5.56. The smallest absolute Gasteiger partial charge is 0.291 e. The molecular weight excluding hydrogens is 448 g/mol. The van der Waals surface area contributed by atoms with Crippen LogP contribution in [0.3, 0.4) is 0 Å². The highest BCUT2D eigenvalue weighted by molar-refractivity contribution is 6.30. The monoisotopic (exact) mass is 466 g/mol. The minimum absolute atomic E-state index is 0.0400. The Morgan fingerprint density at radius 1 is 1.21 bits per heavy atom. The predicted molar refractivity (Wildman–Crippen MR) is 122 cm³/mol. The number of anilines is 2. The number of nitrogens with one attached hydrogen (secondary N) is 1. The van der Waals surface area contributed by atoms with Crippen molar-refractivity contribution >= 4 is 34.6 Å². The van der Waals surface area contributed by atoms with Crippen LogP contribution in [0, 0.1) is 21.4 Å². The number of nitro benzene ring substituents is 1. The Hall–Kier alpha value is -3.87. The maximum absolute atomic E-state index is 12.7. The van der Waals surface area contributed by atoms with Crippen molar-refractivity contribution < 1.29 is 19.2 Å². The number of hydrogen-bond acceptors (Lipinski definition) is 7.